The molecule has 17 heavy (non-hydrogen) atoms. The normalized spacial score (nSPS) is 36.3. The Morgan fingerprint density at radius 1 is 1.35 bits per heavy atom. The number of fused-ring (bicyclic) bond motifs is 4. The average molecular weight is 222 g/mol. The number of epoxide rings is 1. The van der Waals surface area contributed by atoms with Gasteiger partial charge in [-0.05, 0) is 41.7 Å². The van der Waals surface area contributed by atoms with Gasteiger partial charge in [0.05, 0.1) is 0 Å². The molecule has 0 radical (unpaired) electrons. The standard InChI is InChI=1S/C16H14O/c1-3-16-14-10-11-6-4-5-7-12(11)13(14)8-9-15(16,2)17-16/h3-9H,1,10H2,2H3. The summed E-state index contributed by atoms with van der Waals surface area (Å²) in [6.45, 7) is 6.11. The smallest absolute Gasteiger partial charge is 0.142 e. The molecule has 1 heterocycles. The van der Waals surface area contributed by atoms with E-state index in [0.29, 0.717) is 0 Å². The Morgan fingerprint density at radius 2 is 2.18 bits per heavy atom. The minimum absolute atomic E-state index is 0.157. The van der Waals surface area contributed by atoms with Crippen LogP contribution in [0.25, 0.3) is 5.57 Å². The Morgan fingerprint density at radius 3 is 3.00 bits per heavy atom. The predicted molar refractivity (Wildman–Crippen MR) is 68.6 cm³/mol. The third kappa shape index (κ3) is 0.907. The molecule has 1 heteroatoms. The summed E-state index contributed by atoms with van der Waals surface area (Å²) in [5.41, 5.74) is 5.10. The molecule has 2 atom stereocenters. The highest BCUT2D eigenvalue weighted by atomic mass is 16.6. The number of rotatable bonds is 1. The van der Waals surface area contributed by atoms with Crippen molar-refractivity contribution in [3.63, 3.8) is 0 Å². The van der Waals surface area contributed by atoms with E-state index in [1.54, 1.807) is 0 Å². The average Bonchev–Trinajstić information content (AvgIpc) is 2.82. The van der Waals surface area contributed by atoms with E-state index in [1.165, 1.54) is 22.3 Å². The van der Waals surface area contributed by atoms with E-state index in [4.69, 9.17) is 4.74 Å². The Bertz CT molecular complexity index is 608. The summed E-state index contributed by atoms with van der Waals surface area (Å²) in [6.07, 6.45) is 7.36. The van der Waals surface area contributed by atoms with Crippen LogP contribution in [-0.2, 0) is 11.2 Å². The van der Waals surface area contributed by atoms with E-state index in [0.717, 1.165) is 6.42 Å². The molecule has 2 unspecified atom stereocenters. The minimum atomic E-state index is -0.240. The van der Waals surface area contributed by atoms with E-state index in [9.17, 15) is 0 Å². The first-order valence-electron chi connectivity index (χ1n) is 6.05. The summed E-state index contributed by atoms with van der Waals surface area (Å²) in [5.74, 6) is 0. The monoisotopic (exact) mass is 222 g/mol. The number of allylic oxidation sites excluding steroid dienone is 2. The summed E-state index contributed by atoms with van der Waals surface area (Å²) < 4.78 is 5.98. The zero-order valence-electron chi connectivity index (χ0n) is 9.86. The van der Waals surface area contributed by atoms with Gasteiger partial charge in [0.1, 0.15) is 11.2 Å². The zero-order chi connectivity index (χ0) is 11.7. The van der Waals surface area contributed by atoms with E-state index in [2.05, 4.69) is 49.9 Å². The van der Waals surface area contributed by atoms with Gasteiger partial charge in [0, 0.05) is 0 Å². The first-order chi connectivity index (χ1) is 8.20. The third-order valence-corrected chi connectivity index (χ3v) is 4.37. The molecule has 0 bridgehead atoms. The first-order valence-corrected chi connectivity index (χ1v) is 6.05. The highest BCUT2D eigenvalue weighted by Crippen LogP contribution is 2.61. The molecule has 1 saturated heterocycles. The van der Waals surface area contributed by atoms with Gasteiger partial charge in [-0.3, -0.25) is 0 Å². The Balaban J connectivity index is 1.95. The van der Waals surface area contributed by atoms with E-state index < -0.39 is 0 Å². The zero-order valence-corrected chi connectivity index (χ0v) is 9.86. The van der Waals surface area contributed by atoms with Crippen LogP contribution in [0.4, 0.5) is 0 Å². The van der Waals surface area contributed by atoms with Crippen LogP contribution >= 0.6 is 0 Å². The maximum Gasteiger partial charge on any atom is 0.142 e. The van der Waals surface area contributed by atoms with Crippen molar-refractivity contribution in [1.82, 2.24) is 0 Å². The van der Waals surface area contributed by atoms with Crippen molar-refractivity contribution >= 4 is 5.57 Å². The lowest BCUT2D eigenvalue weighted by molar-refractivity contribution is 0.329. The molecule has 0 amide bonds. The number of hydrogen-bond acceptors (Lipinski definition) is 1. The highest BCUT2D eigenvalue weighted by Gasteiger charge is 2.67. The number of ether oxygens (including phenoxy) is 1. The van der Waals surface area contributed by atoms with Crippen LogP contribution in [0.3, 0.4) is 0 Å². The summed E-state index contributed by atoms with van der Waals surface area (Å²) in [7, 11) is 0. The second-order valence-electron chi connectivity index (χ2n) is 5.21. The van der Waals surface area contributed by atoms with Gasteiger partial charge in [0.25, 0.3) is 0 Å². The van der Waals surface area contributed by atoms with Gasteiger partial charge in [-0.25, -0.2) is 0 Å². The van der Waals surface area contributed by atoms with Crippen LogP contribution in [0.2, 0.25) is 0 Å². The van der Waals surface area contributed by atoms with Crippen molar-refractivity contribution < 1.29 is 4.74 Å². The van der Waals surface area contributed by atoms with E-state index in [-0.39, 0.29) is 11.2 Å². The molecule has 1 nitrogen and oxygen atoms in total. The fourth-order valence-corrected chi connectivity index (χ4v) is 3.35. The maximum atomic E-state index is 5.98. The fraction of sp³-hybridized carbons (Fsp3) is 0.250. The molecule has 0 aromatic heterocycles. The molecule has 84 valence electrons. The molecule has 0 saturated carbocycles. The van der Waals surface area contributed by atoms with Gasteiger partial charge in [-0.1, -0.05) is 43.0 Å². The van der Waals surface area contributed by atoms with Crippen LogP contribution in [0.1, 0.15) is 18.1 Å². The summed E-state index contributed by atoms with van der Waals surface area (Å²) in [5, 5.41) is 0. The third-order valence-electron chi connectivity index (χ3n) is 4.37. The maximum absolute atomic E-state index is 5.98. The molecule has 4 rings (SSSR count). The lowest BCUT2D eigenvalue weighted by atomic mass is 9.80. The van der Waals surface area contributed by atoms with Gasteiger partial charge < -0.3 is 4.74 Å². The highest BCUT2D eigenvalue weighted by molar-refractivity contribution is 5.88. The molecular formula is C16H14O. The lowest BCUT2D eigenvalue weighted by Crippen LogP contribution is -2.24. The largest absolute Gasteiger partial charge is 0.349 e. The first kappa shape index (κ1) is 9.43. The summed E-state index contributed by atoms with van der Waals surface area (Å²) in [4.78, 5) is 0. The van der Waals surface area contributed by atoms with Gasteiger partial charge >= 0.3 is 0 Å². The topological polar surface area (TPSA) is 12.5 Å². The Hall–Kier alpha value is -1.60. The van der Waals surface area contributed by atoms with Crippen molar-refractivity contribution in [2.24, 2.45) is 0 Å². The molecule has 1 aliphatic heterocycles. The van der Waals surface area contributed by atoms with Crippen molar-refractivity contribution in [1.29, 1.82) is 0 Å². The molecule has 2 aliphatic carbocycles. The minimum Gasteiger partial charge on any atom is -0.349 e. The van der Waals surface area contributed by atoms with Crippen molar-refractivity contribution in [3.8, 4) is 0 Å². The second kappa shape index (κ2) is 2.62. The molecule has 1 aromatic carbocycles. The number of hydrogen-bond donors (Lipinski definition) is 0. The van der Waals surface area contributed by atoms with Crippen LogP contribution in [-0.4, -0.2) is 11.2 Å². The van der Waals surface area contributed by atoms with Gasteiger partial charge in [-0.2, -0.15) is 0 Å². The number of benzene rings is 1. The predicted octanol–water partition coefficient (Wildman–Crippen LogP) is 3.28. The summed E-state index contributed by atoms with van der Waals surface area (Å²) in [6, 6.07) is 8.61. The Kier molecular flexibility index (Phi) is 1.46. The van der Waals surface area contributed by atoms with Crippen molar-refractivity contribution in [2.45, 2.75) is 24.5 Å². The van der Waals surface area contributed by atoms with E-state index >= 15 is 0 Å². The van der Waals surface area contributed by atoms with Gasteiger partial charge in [0.2, 0.25) is 0 Å². The molecule has 0 spiro atoms. The second-order valence-corrected chi connectivity index (χ2v) is 5.21. The quantitative estimate of drug-likeness (QED) is 0.524. The van der Waals surface area contributed by atoms with Crippen LogP contribution in [0, 0.1) is 0 Å². The molecule has 3 aliphatic rings. The molecule has 1 fully saturated rings. The molecular weight excluding hydrogens is 208 g/mol. The van der Waals surface area contributed by atoms with Gasteiger partial charge in [0.15, 0.2) is 0 Å². The van der Waals surface area contributed by atoms with Crippen LogP contribution in [0.5, 0.6) is 0 Å². The molecule has 1 aromatic rings. The molecule has 0 N–H and O–H groups in total. The van der Waals surface area contributed by atoms with E-state index in [1.807, 2.05) is 6.08 Å². The van der Waals surface area contributed by atoms with Gasteiger partial charge in [-0.15, -0.1) is 0 Å². The lowest BCUT2D eigenvalue weighted by Gasteiger charge is -2.17. The SMILES string of the molecule is C=CC12OC1(C)C=CC1=C2Cc2ccccc21. The summed E-state index contributed by atoms with van der Waals surface area (Å²) >= 11 is 0. The van der Waals surface area contributed by atoms with Crippen LogP contribution < -0.4 is 0 Å². The van der Waals surface area contributed by atoms with Crippen LogP contribution in [0.15, 0.2) is 54.6 Å². The van der Waals surface area contributed by atoms with Crippen molar-refractivity contribution in [3.05, 3.63) is 65.8 Å². The van der Waals surface area contributed by atoms with Crippen molar-refractivity contribution in [2.75, 3.05) is 0 Å². The fourth-order valence-electron chi connectivity index (χ4n) is 3.35. The Labute approximate surface area is 101 Å².